The predicted molar refractivity (Wildman–Crippen MR) is 160 cm³/mol. The van der Waals surface area contributed by atoms with Crippen LogP contribution in [0.5, 0.6) is 0 Å². The van der Waals surface area contributed by atoms with Crippen LogP contribution in [0.25, 0.3) is 0 Å². The number of aliphatic hydroxyl groups is 3. The van der Waals surface area contributed by atoms with Crippen LogP contribution in [0.15, 0.2) is 23.8 Å². The van der Waals surface area contributed by atoms with Gasteiger partial charge >= 0.3 is 0 Å². The average molecular weight is 573 g/mol. The van der Waals surface area contributed by atoms with Crippen molar-refractivity contribution in [1.82, 2.24) is 0 Å². The van der Waals surface area contributed by atoms with E-state index in [9.17, 15) is 20.1 Å². The molecule has 41 heavy (non-hydrogen) atoms. The Morgan fingerprint density at radius 3 is 2.51 bits per heavy atom. The molecule has 14 atom stereocenters. The Balaban J connectivity index is 1.42. The Morgan fingerprint density at radius 2 is 1.83 bits per heavy atom. The fourth-order valence-corrected chi connectivity index (χ4v) is 10.4. The highest BCUT2D eigenvalue weighted by Crippen LogP contribution is 2.68. The molecule has 3 N–H and O–H groups in total. The lowest BCUT2D eigenvalue weighted by Gasteiger charge is -2.61. The van der Waals surface area contributed by atoms with Crippen molar-refractivity contribution in [2.75, 3.05) is 0 Å². The molecular weight excluding hydrogens is 516 g/mol. The molecule has 0 bridgehead atoms. The molecule has 3 saturated carbocycles. The van der Waals surface area contributed by atoms with Gasteiger partial charge in [-0.2, -0.15) is 0 Å². The van der Waals surface area contributed by atoms with Gasteiger partial charge in [0.25, 0.3) is 0 Å². The molecule has 6 nitrogen and oxygen atoms in total. The molecule has 6 heteroatoms. The SMILES string of the molecule is C=C(C)[C@@H](CC)CC[C@@H](C)[C@H]1CCC2C3C(CC[C@@]21C)[C@@]1(C)CCC(=O)C=C1C[C@H]3O[C@H]1O[C@@H](C)[C@@H](O)[C@@H](O)[C@@H]1O. The third-order valence-electron chi connectivity index (χ3n) is 13.0. The number of hydrogen-bond donors (Lipinski definition) is 3. The number of rotatable bonds is 8. The molecule has 0 amide bonds. The molecule has 5 rings (SSSR count). The van der Waals surface area contributed by atoms with E-state index < -0.39 is 30.7 Å². The molecule has 1 heterocycles. The summed E-state index contributed by atoms with van der Waals surface area (Å²) < 4.78 is 12.6. The van der Waals surface area contributed by atoms with E-state index >= 15 is 0 Å². The average Bonchev–Trinajstić information content (AvgIpc) is 3.28. The van der Waals surface area contributed by atoms with Crippen LogP contribution < -0.4 is 0 Å². The van der Waals surface area contributed by atoms with Gasteiger partial charge in [0.2, 0.25) is 0 Å². The van der Waals surface area contributed by atoms with Crippen molar-refractivity contribution in [3.8, 4) is 0 Å². The molecule has 1 aliphatic heterocycles. The number of fused-ring (bicyclic) bond motifs is 5. The molecule has 0 spiro atoms. The normalized spacial score (nSPS) is 47.5. The summed E-state index contributed by atoms with van der Waals surface area (Å²) in [5.74, 6) is 3.34. The Bertz CT molecular complexity index is 1020. The Kier molecular flexibility index (Phi) is 9.03. The number of carbonyl (C=O) groups is 1. The Hall–Kier alpha value is -1.05. The van der Waals surface area contributed by atoms with Gasteiger partial charge in [0.1, 0.15) is 18.3 Å². The molecule has 232 valence electrons. The highest BCUT2D eigenvalue weighted by molar-refractivity contribution is 5.91. The topological polar surface area (TPSA) is 96.2 Å². The van der Waals surface area contributed by atoms with Crippen LogP contribution in [0.2, 0.25) is 0 Å². The van der Waals surface area contributed by atoms with E-state index in [4.69, 9.17) is 9.47 Å². The second-order valence-corrected chi connectivity index (χ2v) is 15.1. The van der Waals surface area contributed by atoms with Crippen molar-refractivity contribution in [2.45, 2.75) is 143 Å². The summed E-state index contributed by atoms with van der Waals surface area (Å²) in [4.78, 5) is 12.6. The minimum atomic E-state index is -1.32. The zero-order chi connectivity index (χ0) is 29.9. The van der Waals surface area contributed by atoms with Crippen molar-refractivity contribution < 1.29 is 29.6 Å². The van der Waals surface area contributed by atoms with E-state index in [1.807, 2.05) is 6.08 Å². The van der Waals surface area contributed by atoms with E-state index in [0.29, 0.717) is 48.3 Å². The maximum Gasteiger partial charge on any atom is 0.186 e. The lowest BCUT2D eigenvalue weighted by atomic mass is 9.45. The first kappa shape index (κ1) is 31.4. The van der Waals surface area contributed by atoms with Gasteiger partial charge < -0.3 is 24.8 Å². The van der Waals surface area contributed by atoms with Crippen LogP contribution in [-0.2, 0) is 14.3 Å². The van der Waals surface area contributed by atoms with Crippen molar-refractivity contribution in [2.24, 2.45) is 46.3 Å². The number of ketones is 1. The summed E-state index contributed by atoms with van der Waals surface area (Å²) in [5, 5.41) is 31.6. The number of allylic oxidation sites excluding steroid dienone is 1. The van der Waals surface area contributed by atoms with Gasteiger partial charge in [-0.05, 0) is 124 Å². The standard InChI is InChI=1S/C35H56O6/c1-8-22(19(2)3)10-9-20(4)25-11-12-26-29-27(14-16-35(25,26)7)34(6)15-13-24(36)17-23(34)18-28(29)41-33-32(39)31(38)30(37)21(5)40-33/h17,20-22,25-33,37-39H,2,8-16,18H2,1,3-7H3/t20-,21+,22+,25-,26?,27?,28-,29?,30-,31-,32+,33-,34+,35-/m1/s1. The molecule has 1 saturated heterocycles. The maximum atomic E-state index is 12.6. The molecule has 0 aromatic heterocycles. The highest BCUT2D eigenvalue weighted by atomic mass is 16.7. The fraction of sp³-hybridized carbons (Fsp3) is 0.857. The van der Waals surface area contributed by atoms with Gasteiger partial charge in [-0.3, -0.25) is 4.79 Å². The minimum Gasteiger partial charge on any atom is -0.388 e. The van der Waals surface area contributed by atoms with Gasteiger partial charge in [-0.25, -0.2) is 0 Å². The van der Waals surface area contributed by atoms with E-state index in [2.05, 4.69) is 41.2 Å². The van der Waals surface area contributed by atoms with Crippen LogP contribution >= 0.6 is 0 Å². The summed E-state index contributed by atoms with van der Waals surface area (Å²) in [6.45, 7) is 17.8. The van der Waals surface area contributed by atoms with Gasteiger partial charge in [0.05, 0.1) is 12.2 Å². The van der Waals surface area contributed by atoms with Crippen LogP contribution in [0, 0.1) is 46.3 Å². The van der Waals surface area contributed by atoms with Gasteiger partial charge in [-0.1, -0.05) is 45.4 Å². The van der Waals surface area contributed by atoms with E-state index in [0.717, 1.165) is 19.3 Å². The predicted octanol–water partition coefficient (Wildman–Crippen LogP) is 5.98. The molecule has 0 aromatic carbocycles. The largest absolute Gasteiger partial charge is 0.388 e. The number of carbonyl (C=O) groups excluding carboxylic acids is 1. The molecule has 5 aliphatic rings. The minimum absolute atomic E-state index is 0.00561. The third kappa shape index (κ3) is 5.43. The van der Waals surface area contributed by atoms with Crippen LogP contribution in [0.4, 0.5) is 0 Å². The fourth-order valence-electron chi connectivity index (χ4n) is 10.4. The number of hydrogen-bond acceptors (Lipinski definition) is 6. The lowest BCUT2D eigenvalue weighted by molar-refractivity contribution is -0.316. The first-order valence-electron chi connectivity index (χ1n) is 16.6. The summed E-state index contributed by atoms with van der Waals surface area (Å²) in [5.41, 5.74) is 2.72. The monoisotopic (exact) mass is 572 g/mol. The van der Waals surface area contributed by atoms with Crippen molar-refractivity contribution in [3.05, 3.63) is 23.8 Å². The van der Waals surface area contributed by atoms with Gasteiger partial charge in [-0.15, -0.1) is 0 Å². The summed E-state index contributed by atoms with van der Waals surface area (Å²) in [6.07, 6.45) is 6.79. The lowest BCUT2D eigenvalue weighted by Crippen LogP contribution is -2.61. The highest BCUT2D eigenvalue weighted by Gasteiger charge is 2.62. The third-order valence-corrected chi connectivity index (χ3v) is 13.0. The van der Waals surface area contributed by atoms with Crippen molar-refractivity contribution in [3.63, 3.8) is 0 Å². The van der Waals surface area contributed by atoms with Crippen molar-refractivity contribution >= 4 is 5.78 Å². The van der Waals surface area contributed by atoms with Crippen LogP contribution in [0.1, 0.15) is 106 Å². The second-order valence-electron chi connectivity index (χ2n) is 15.1. The zero-order valence-electron chi connectivity index (χ0n) is 26.4. The summed E-state index contributed by atoms with van der Waals surface area (Å²) >= 11 is 0. The van der Waals surface area contributed by atoms with Gasteiger partial charge in [0.15, 0.2) is 12.1 Å². The zero-order valence-corrected chi connectivity index (χ0v) is 26.4. The molecule has 0 radical (unpaired) electrons. The molecule has 4 fully saturated rings. The Morgan fingerprint density at radius 1 is 1.10 bits per heavy atom. The van der Waals surface area contributed by atoms with Crippen LogP contribution in [-0.4, -0.2) is 57.9 Å². The Labute approximate surface area is 248 Å². The van der Waals surface area contributed by atoms with Crippen molar-refractivity contribution in [1.29, 1.82) is 0 Å². The summed E-state index contributed by atoms with van der Waals surface area (Å²) in [7, 11) is 0. The maximum absolute atomic E-state index is 12.6. The quantitative estimate of drug-likeness (QED) is 0.310. The van der Waals surface area contributed by atoms with E-state index in [1.54, 1.807) is 6.92 Å². The second kappa shape index (κ2) is 11.8. The first-order chi connectivity index (χ1) is 19.3. The smallest absolute Gasteiger partial charge is 0.186 e. The van der Waals surface area contributed by atoms with E-state index in [-0.39, 0.29) is 22.7 Å². The van der Waals surface area contributed by atoms with E-state index in [1.165, 1.54) is 43.3 Å². The molecule has 3 unspecified atom stereocenters. The van der Waals surface area contributed by atoms with Crippen LogP contribution in [0.3, 0.4) is 0 Å². The number of aliphatic hydroxyl groups excluding tert-OH is 3. The molecule has 0 aromatic rings. The first-order valence-corrected chi connectivity index (χ1v) is 16.6. The molecule has 4 aliphatic carbocycles. The summed E-state index contributed by atoms with van der Waals surface area (Å²) in [6, 6.07) is 0. The number of ether oxygens (including phenoxy) is 2. The molecular formula is C35H56O6. The van der Waals surface area contributed by atoms with Gasteiger partial charge in [0, 0.05) is 6.42 Å².